The van der Waals surface area contributed by atoms with E-state index in [0.717, 1.165) is 76.3 Å². The zero-order valence-corrected chi connectivity index (χ0v) is 35.5. The number of benzene rings is 4. The summed E-state index contributed by atoms with van der Waals surface area (Å²) >= 11 is 0. The summed E-state index contributed by atoms with van der Waals surface area (Å²) in [6, 6.07) is 35.3. The van der Waals surface area contributed by atoms with Gasteiger partial charge in [-0.15, -0.1) is 0 Å². The van der Waals surface area contributed by atoms with Crippen LogP contribution in [0.3, 0.4) is 0 Å². The summed E-state index contributed by atoms with van der Waals surface area (Å²) in [7, 11) is 0. The molecule has 2 saturated heterocycles. The number of carbonyl (C=O) groups excluding carboxylic acids is 1. The minimum atomic E-state index is -0.521. The molecule has 4 aromatic carbocycles. The van der Waals surface area contributed by atoms with E-state index in [2.05, 4.69) is 44.5 Å². The maximum Gasteiger partial charge on any atom is 0.245 e. The quantitative estimate of drug-likeness (QED) is 0.108. The van der Waals surface area contributed by atoms with Crippen molar-refractivity contribution in [2.75, 3.05) is 33.0 Å². The molecule has 0 radical (unpaired) electrons. The van der Waals surface area contributed by atoms with Gasteiger partial charge in [-0.3, -0.25) is 4.79 Å². The van der Waals surface area contributed by atoms with Crippen molar-refractivity contribution in [1.82, 2.24) is 25.3 Å². The third-order valence-corrected chi connectivity index (χ3v) is 10.8. The van der Waals surface area contributed by atoms with Crippen molar-refractivity contribution in [2.45, 2.75) is 63.8 Å². The molecule has 326 valence electrons. The number of hydrogen-bond donors (Lipinski definition) is 3. The molecule has 4 N–H and O–H groups in total. The molecule has 2 aliphatic heterocycles. The van der Waals surface area contributed by atoms with Crippen molar-refractivity contribution in [2.24, 2.45) is 5.73 Å². The maximum atomic E-state index is 11.2. The molecule has 0 aliphatic carbocycles. The molecule has 0 unspecified atom stereocenters. The molecular weight excluding hydrogens is 809 g/mol. The van der Waals surface area contributed by atoms with Crippen molar-refractivity contribution in [3.05, 3.63) is 154 Å². The highest BCUT2D eigenvalue weighted by atomic mass is 16.5. The fourth-order valence-electron chi connectivity index (χ4n) is 7.19. The maximum absolute atomic E-state index is 11.2. The third-order valence-electron chi connectivity index (χ3n) is 10.8. The van der Waals surface area contributed by atoms with Gasteiger partial charge < -0.3 is 35.1 Å². The topological polar surface area (TPSA) is 211 Å². The van der Waals surface area contributed by atoms with E-state index < -0.39 is 12.5 Å². The second-order valence-corrected chi connectivity index (χ2v) is 15.3. The van der Waals surface area contributed by atoms with Crippen molar-refractivity contribution in [3.8, 4) is 46.2 Å². The fourth-order valence-corrected chi connectivity index (χ4v) is 7.19. The van der Waals surface area contributed by atoms with Gasteiger partial charge in [0.1, 0.15) is 54.1 Å². The molecule has 0 saturated carbocycles. The molecule has 4 heterocycles. The van der Waals surface area contributed by atoms with E-state index >= 15 is 0 Å². The number of carbonyl (C=O) groups is 1. The molecule has 8 rings (SSSR count). The lowest BCUT2D eigenvalue weighted by atomic mass is 10.1. The number of nitrogens with one attached hydrogen (secondary N) is 1. The van der Waals surface area contributed by atoms with E-state index in [4.69, 9.17) is 34.8 Å². The van der Waals surface area contributed by atoms with Crippen LogP contribution in [-0.4, -0.2) is 76.2 Å². The van der Waals surface area contributed by atoms with Crippen molar-refractivity contribution >= 4 is 5.91 Å². The number of nitriles is 2. The Balaban J connectivity index is 0.000000193. The van der Waals surface area contributed by atoms with Gasteiger partial charge in [-0.1, -0.05) is 48.5 Å². The Hall–Kier alpha value is -7.07. The molecule has 0 bridgehead atoms. The first kappa shape index (κ1) is 45.0. The van der Waals surface area contributed by atoms with Crippen LogP contribution in [0.4, 0.5) is 0 Å². The second kappa shape index (κ2) is 22.9. The van der Waals surface area contributed by atoms with E-state index in [1.54, 1.807) is 18.5 Å². The van der Waals surface area contributed by atoms with Gasteiger partial charge in [0.15, 0.2) is 0 Å². The summed E-state index contributed by atoms with van der Waals surface area (Å²) in [5.74, 6) is 2.19. The Morgan fingerprint density at radius 2 is 1.09 bits per heavy atom. The molecule has 0 atom stereocenters. The summed E-state index contributed by atoms with van der Waals surface area (Å²) in [4.78, 5) is 29.4. The Kier molecular flexibility index (Phi) is 16.1. The smallest absolute Gasteiger partial charge is 0.245 e. The van der Waals surface area contributed by atoms with Crippen LogP contribution >= 0.6 is 0 Å². The normalized spacial score (nSPS) is 14.0. The van der Waals surface area contributed by atoms with Crippen LogP contribution in [0.25, 0.3) is 22.5 Å². The first-order valence-corrected chi connectivity index (χ1v) is 21.3. The van der Waals surface area contributed by atoms with E-state index in [-0.39, 0.29) is 12.2 Å². The molecule has 64 heavy (non-hydrogen) atoms. The summed E-state index contributed by atoms with van der Waals surface area (Å²) in [5, 5.41) is 30.7. The van der Waals surface area contributed by atoms with Crippen LogP contribution in [-0.2, 0) is 40.2 Å². The zero-order valence-electron chi connectivity index (χ0n) is 35.5. The Morgan fingerprint density at radius 3 is 1.52 bits per heavy atom. The minimum Gasteiger partial charge on any atom is -0.489 e. The first-order valence-electron chi connectivity index (χ1n) is 21.3. The average Bonchev–Trinajstić information content (AvgIpc) is 3.35. The summed E-state index contributed by atoms with van der Waals surface area (Å²) in [6.45, 7) is 3.12. The van der Waals surface area contributed by atoms with Crippen molar-refractivity contribution in [3.63, 3.8) is 0 Å². The molecule has 14 nitrogen and oxygen atoms in total. The van der Waals surface area contributed by atoms with Gasteiger partial charge in [0.05, 0.1) is 48.9 Å². The Labute approximate surface area is 372 Å². The lowest BCUT2D eigenvalue weighted by molar-refractivity contribution is -0.123. The average molecular weight is 859 g/mol. The first-order chi connectivity index (χ1) is 31.4. The number of rotatable bonds is 14. The number of aliphatic hydroxyl groups is 1. The number of hydrogen-bond acceptors (Lipinski definition) is 13. The highest BCUT2D eigenvalue weighted by molar-refractivity contribution is 5.76. The van der Waals surface area contributed by atoms with Gasteiger partial charge in [0.25, 0.3) is 0 Å². The van der Waals surface area contributed by atoms with Gasteiger partial charge in [0.2, 0.25) is 5.91 Å². The number of amides is 1. The van der Waals surface area contributed by atoms with Gasteiger partial charge >= 0.3 is 0 Å². The van der Waals surface area contributed by atoms with Crippen LogP contribution in [0.1, 0.15) is 70.7 Å². The van der Waals surface area contributed by atoms with Gasteiger partial charge in [-0.05, 0) is 70.8 Å². The van der Waals surface area contributed by atoms with Crippen LogP contribution < -0.4 is 20.5 Å². The summed E-state index contributed by atoms with van der Waals surface area (Å²) in [6.07, 6.45) is 8.13. The summed E-state index contributed by atoms with van der Waals surface area (Å²) in [5.41, 5.74) is 14.1. The number of aromatic nitrogens is 4. The number of aliphatic hydroxyl groups excluding tert-OH is 1. The Bertz CT molecular complexity index is 2560. The molecule has 2 fully saturated rings. The predicted molar refractivity (Wildman–Crippen MR) is 239 cm³/mol. The predicted octanol–water partition coefficient (Wildman–Crippen LogP) is 6.39. The van der Waals surface area contributed by atoms with Crippen LogP contribution in [0.5, 0.6) is 11.5 Å². The number of ether oxygens (including phenoxy) is 4. The minimum absolute atomic E-state index is 0.0645. The molecule has 0 spiro atoms. The lowest BCUT2D eigenvalue weighted by Gasteiger charge is -2.23. The third kappa shape index (κ3) is 12.8. The SMILES string of the molecule is N#Cc1cc(-c2ccnc(Cc3ccc(CN)cc3)n2)ccc1OC1CCOCC1.N#Cc1cc(-c2ccnc(Cc3ccc(CNC(=O)CO)cc3)n2)ccc1OC1CCOCC1. The molecular formula is C50H50N8O6. The highest BCUT2D eigenvalue weighted by Gasteiger charge is 2.19. The molecule has 2 aromatic heterocycles. The second-order valence-electron chi connectivity index (χ2n) is 15.3. The molecule has 6 aromatic rings. The van der Waals surface area contributed by atoms with Gasteiger partial charge in [0, 0.05) is 75.1 Å². The van der Waals surface area contributed by atoms with Gasteiger partial charge in [-0.25, -0.2) is 19.9 Å². The van der Waals surface area contributed by atoms with E-state index in [1.807, 2.05) is 78.9 Å². The van der Waals surface area contributed by atoms with Gasteiger partial charge in [-0.2, -0.15) is 10.5 Å². The largest absolute Gasteiger partial charge is 0.489 e. The fraction of sp³-hybridized carbons (Fsp3) is 0.300. The summed E-state index contributed by atoms with van der Waals surface area (Å²) < 4.78 is 22.8. The standard InChI is InChI=1S/C26H26N4O4.C24H24N4O2/c27-15-21-14-20(5-6-24(21)34-22-8-11-33-12-9-22)23-7-10-28-25(30-23)13-18-1-3-19(4-2-18)16-29-26(32)17-31;25-15-18-3-1-17(2-4-18)13-24-27-10-7-22(28-24)19-5-6-23(20(14-19)16-26)30-21-8-11-29-12-9-21/h1-7,10,14,22,31H,8-9,11-13,16-17H2,(H,29,32);1-7,10,14,21H,8-9,11-13,15,25H2. The van der Waals surface area contributed by atoms with E-state index in [9.17, 15) is 15.3 Å². The Morgan fingerprint density at radius 1 is 0.656 bits per heavy atom. The molecule has 1 amide bonds. The number of nitrogens with two attached hydrogens (primary N) is 1. The van der Waals surface area contributed by atoms with E-state index in [1.165, 1.54) is 0 Å². The van der Waals surface area contributed by atoms with Crippen molar-refractivity contribution < 1.29 is 28.8 Å². The lowest BCUT2D eigenvalue weighted by Crippen LogP contribution is -2.26. The molecule has 14 heteroatoms. The van der Waals surface area contributed by atoms with Crippen molar-refractivity contribution in [1.29, 1.82) is 10.5 Å². The zero-order chi connectivity index (χ0) is 44.5. The van der Waals surface area contributed by atoms with Crippen LogP contribution in [0.15, 0.2) is 109 Å². The highest BCUT2D eigenvalue weighted by Crippen LogP contribution is 2.29. The molecule has 2 aliphatic rings. The van der Waals surface area contributed by atoms with Crippen LogP contribution in [0.2, 0.25) is 0 Å². The van der Waals surface area contributed by atoms with E-state index in [0.29, 0.717) is 80.8 Å². The van der Waals surface area contributed by atoms with Crippen LogP contribution in [0, 0.1) is 22.7 Å². The monoisotopic (exact) mass is 858 g/mol. The number of nitrogens with zero attached hydrogens (tertiary/aromatic N) is 6.